The third kappa shape index (κ3) is 4.49. The lowest BCUT2D eigenvalue weighted by molar-refractivity contribution is -0.136. The lowest BCUT2D eigenvalue weighted by Gasteiger charge is -2.30. The van der Waals surface area contributed by atoms with E-state index in [1.54, 1.807) is 37.3 Å². The molecule has 5 rings (SSSR count). The molecule has 38 heavy (non-hydrogen) atoms. The maximum absolute atomic E-state index is 13.7. The van der Waals surface area contributed by atoms with Crippen LogP contribution in [0.15, 0.2) is 82.0 Å². The number of carbonyl (C=O) groups is 2. The Morgan fingerprint density at radius 3 is 2.39 bits per heavy atom. The molecule has 0 aromatic heterocycles. The van der Waals surface area contributed by atoms with Gasteiger partial charge in [0.15, 0.2) is 17.3 Å². The van der Waals surface area contributed by atoms with Crippen molar-refractivity contribution in [2.45, 2.75) is 26.4 Å². The molecule has 0 fully saturated rings. The zero-order valence-corrected chi connectivity index (χ0v) is 22.6. The normalized spacial score (nSPS) is 16.1. The van der Waals surface area contributed by atoms with E-state index in [4.69, 9.17) is 14.2 Å². The molecule has 0 saturated carbocycles. The number of esters is 1. The topological polar surface area (TPSA) is 73.9 Å². The Morgan fingerprint density at radius 1 is 1.03 bits per heavy atom. The lowest BCUT2D eigenvalue weighted by Crippen LogP contribution is -2.29. The van der Waals surface area contributed by atoms with Gasteiger partial charge in [-0.25, -0.2) is 9.18 Å². The summed E-state index contributed by atoms with van der Waals surface area (Å²) in [6.07, 6.45) is 0. The standard InChI is InChI=1S/C30H25BrFNO5/c1-4-37-23-13-21(22(31)14-24(23)38-15-17-9-11-18(32)12-10-17)26-25(30(35)36-3)16(2)33-28-19-7-5-6-8-20(19)29(34)27(26)28/h5-14,26,33H,4,15H2,1-3H3/t26-/m0/s1. The monoisotopic (exact) mass is 577 g/mol. The van der Waals surface area contributed by atoms with E-state index in [-0.39, 0.29) is 18.2 Å². The molecule has 1 heterocycles. The number of hydrogen-bond donors (Lipinski definition) is 1. The van der Waals surface area contributed by atoms with Gasteiger partial charge in [-0.15, -0.1) is 0 Å². The average Bonchev–Trinajstić information content (AvgIpc) is 3.20. The van der Waals surface area contributed by atoms with E-state index in [1.165, 1.54) is 19.2 Å². The summed E-state index contributed by atoms with van der Waals surface area (Å²) in [6.45, 7) is 4.23. The molecule has 1 aliphatic heterocycles. The number of allylic oxidation sites excluding steroid dienone is 2. The number of halogens is 2. The summed E-state index contributed by atoms with van der Waals surface area (Å²) < 4.78 is 31.0. The molecule has 3 aromatic rings. The Bertz CT molecular complexity index is 1510. The molecule has 1 aliphatic carbocycles. The maximum atomic E-state index is 13.7. The van der Waals surface area contributed by atoms with Crippen molar-refractivity contribution in [1.82, 2.24) is 5.32 Å². The fourth-order valence-electron chi connectivity index (χ4n) is 4.92. The largest absolute Gasteiger partial charge is 0.490 e. The van der Waals surface area contributed by atoms with Crippen LogP contribution in [0.3, 0.4) is 0 Å². The van der Waals surface area contributed by atoms with E-state index in [0.717, 1.165) is 11.1 Å². The first-order chi connectivity index (χ1) is 18.3. The van der Waals surface area contributed by atoms with E-state index in [0.29, 0.717) is 56.2 Å². The first kappa shape index (κ1) is 25.7. The lowest BCUT2D eigenvalue weighted by atomic mass is 9.79. The third-order valence-electron chi connectivity index (χ3n) is 6.64. The molecule has 3 aromatic carbocycles. The predicted octanol–water partition coefficient (Wildman–Crippen LogP) is 6.31. The Labute approximate surface area is 228 Å². The summed E-state index contributed by atoms with van der Waals surface area (Å²) in [4.78, 5) is 26.7. The van der Waals surface area contributed by atoms with Crippen LogP contribution in [0, 0.1) is 5.82 Å². The van der Waals surface area contributed by atoms with E-state index in [1.807, 2.05) is 25.1 Å². The highest BCUT2D eigenvalue weighted by Gasteiger charge is 2.43. The SMILES string of the molecule is CCOc1cc([C@H]2C(C(=O)OC)=C(C)NC3=C2C(=O)c2ccccc23)c(Br)cc1OCc1ccc(F)cc1. The van der Waals surface area contributed by atoms with Crippen LogP contribution in [-0.2, 0) is 16.1 Å². The summed E-state index contributed by atoms with van der Waals surface area (Å²) in [6, 6.07) is 17.0. The van der Waals surface area contributed by atoms with Gasteiger partial charge in [0.05, 0.1) is 30.9 Å². The fraction of sp³-hybridized carbons (Fsp3) is 0.200. The number of carbonyl (C=O) groups excluding carboxylic acids is 2. The minimum absolute atomic E-state index is 0.150. The van der Waals surface area contributed by atoms with Gasteiger partial charge in [-0.3, -0.25) is 4.79 Å². The first-order valence-electron chi connectivity index (χ1n) is 12.1. The van der Waals surface area contributed by atoms with Crippen LogP contribution in [0.1, 0.15) is 46.8 Å². The second-order valence-electron chi connectivity index (χ2n) is 8.92. The number of rotatable bonds is 7. The highest BCUT2D eigenvalue weighted by molar-refractivity contribution is 9.10. The Morgan fingerprint density at radius 2 is 1.71 bits per heavy atom. The Balaban J connectivity index is 1.61. The van der Waals surface area contributed by atoms with Gasteiger partial charge in [0, 0.05) is 26.9 Å². The molecule has 0 bridgehead atoms. The molecule has 2 aliphatic rings. The van der Waals surface area contributed by atoms with Crippen molar-refractivity contribution in [3.05, 3.63) is 110 Å². The number of fused-ring (bicyclic) bond motifs is 2. The first-order valence-corrected chi connectivity index (χ1v) is 12.9. The highest BCUT2D eigenvalue weighted by Crippen LogP contribution is 2.50. The van der Waals surface area contributed by atoms with Crippen molar-refractivity contribution < 1.29 is 28.2 Å². The van der Waals surface area contributed by atoms with Crippen LogP contribution in [0.2, 0.25) is 0 Å². The van der Waals surface area contributed by atoms with E-state index in [2.05, 4.69) is 21.2 Å². The van der Waals surface area contributed by atoms with Crippen LogP contribution in [0.4, 0.5) is 4.39 Å². The van der Waals surface area contributed by atoms with Gasteiger partial charge in [-0.2, -0.15) is 0 Å². The smallest absolute Gasteiger partial charge is 0.336 e. The van der Waals surface area contributed by atoms with Crippen molar-refractivity contribution in [2.75, 3.05) is 13.7 Å². The van der Waals surface area contributed by atoms with Crippen LogP contribution < -0.4 is 14.8 Å². The van der Waals surface area contributed by atoms with E-state index < -0.39 is 11.9 Å². The number of dihydropyridines is 1. The number of hydrogen-bond acceptors (Lipinski definition) is 6. The quantitative estimate of drug-likeness (QED) is 0.332. The van der Waals surface area contributed by atoms with Gasteiger partial charge < -0.3 is 19.5 Å². The van der Waals surface area contributed by atoms with Crippen molar-refractivity contribution >= 4 is 33.4 Å². The van der Waals surface area contributed by atoms with Crippen LogP contribution in [-0.4, -0.2) is 25.5 Å². The van der Waals surface area contributed by atoms with Crippen molar-refractivity contribution in [1.29, 1.82) is 0 Å². The molecule has 0 unspecified atom stereocenters. The summed E-state index contributed by atoms with van der Waals surface area (Å²) in [7, 11) is 1.32. The fourth-order valence-corrected chi connectivity index (χ4v) is 5.47. The van der Waals surface area contributed by atoms with Crippen molar-refractivity contribution in [3.63, 3.8) is 0 Å². The Hall–Kier alpha value is -3.91. The van der Waals surface area contributed by atoms with E-state index in [9.17, 15) is 14.0 Å². The zero-order valence-electron chi connectivity index (χ0n) is 21.1. The van der Waals surface area contributed by atoms with Gasteiger partial charge in [0.25, 0.3) is 0 Å². The van der Waals surface area contributed by atoms with E-state index >= 15 is 0 Å². The second-order valence-corrected chi connectivity index (χ2v) is 9.77. The number of nitrogens with one attached hydrogen (secondary N) is 1. The molecule has 0 radical (unpaired) electrons. The molecular weight excluding hydrogens is 553 g/mol. The zero-order chi connectivity index (χ0) is 27.0. The second kappa shape index (κ2) is 10.5. The number of Topliss-reactive ketones (excluding diaryl/α,β-unsaturated/α-hetero) is 1. The number of benzene rings is 3. The third-order valence-corrected chi connectivity index (χ3v) is 7.32. The minimum atomic E-state index is -0.710. The van der Waals surface area contributed by atoms with Gasteiger partial charge >= 0.3 is 5.97 Å². The number of methoxy groups -OCH3 is 1. The molecule has 6 nitrogen and oxygen atoms in total. The van der Waals surface area contributed by atoms with Gasteiger partial charge in [0.2, 0.25) is 0 Å². The van der Waals surface area contributed by atoms with Crippen LogP contribution in [0.25, 0.3) is 5.70 Å². The Kier molecular flexibility index (Phi) is 7.08. The van der Waals surface area contributed by atoms with Crippen LogP contribution in [0.5, 0.6) is 11.5 Å². The van der Waals surface area contributed by atoms with Crippen LogP contribution >= 0.6 is 15.9 Å². The van der Waals surface area contributed by atoms with Gasteiger partial charge in [-0.1, -0.05) is 52.3 Å². The molecular formula is C30H25BrFNO5. The minimum Gasteiger partial charge on any atom is -0.490 e. The maximum Gasteiger partial charge on any atom is 0.336 e. The van der Waals surface area contributed by atoms with Crippen molar-refractivity contribution in [2.24, 2.45) is 0 Å². The molecule has 0 saturated heterocycles. The van der Waals surface area contributed by atoms with Gasteiger partial charge in [0.1, 0.15) is 12.4 Å². The molecule has 8 heteroatoms. The summed E-state index contributed by atoms with van der Waals surface area (Å²) in [5.74, 6) is -0.784. The molecule has 0 amide bonds. The molecule has 0 spiro atoms. The molecule has 1 atom stereocenters. The average molecular weight is 578 g/mol. The van der Waals surface area contributed by atoms with Crippen molar-refractivity contribution in [3.8, 4) is 11.5 Å². The van der Waals surface area contributed by atoms with Gasteiger partial charge in [-0.05, 0) is 49.2 Å². The number of ketones is 1. The molecule has 1 N–H and O–H groups in total. The molecule has 194 valence electrons. The summed E-state index contributed by atoms with van der Waals surface area (Å²) in [5.41, 5.74) is 4.93. The number of ether oxygens (including phenoxy) is 3. The summed E-state index contributed by atoms with van der Waals surface area (Å²) >= 11 is 3.66. The predicted molar refractivity (Wildman–Crippen MR) is 144 cm³/mol. The highest BCUT2D eigenvalue weighted by atomic mass is 79.9. The summed E-state index contributed by atoms with van der Waals surface area (Å²) in [5, 5.41) is 3.28.